The van der Waals surface area contributed by atoms with Crippen LogP contribution in [0.15, 0.2) is 52.3 Å². The van der Waals surface area contributed by atoms with Crippen molar-refractivity contribution in [2.45, 2.75) is 30.6 Å². The van der Waals surface area contributed by atoms with E-state index in [4.69, 9.17) is 0 Å². The number of aryl methyl sites for hydroxylation is 3. The van der Waals surface area contributed by atoms with Crippen LogP contribution in [0.1, 0.15) is 16.7 Å². The van der Waals surface area contributed by atoms with E-state index in [1.54, 1.807) is 30.3 Å². The highest BCUT2D eigenvalue weighted by Crippen LogP contribution is 2.23. The van der Waals surface area contributed by atoms with Crippen molar-refractivity contribution in [2.75, 3.05) is 0 Å². The van der Waals surface area contributed by atoms with Crippen molar-refractivity contribution in [3.05, 3.63) is 59.2 Å². The monoisotopic (exact) mass is 260 g/mol. The average Bonchev–Trinajstić information content (AvgIpc) is 2.32. The number of hydrogen-bond donors (Lipinski definition) is 0. The van der Waals surface area contributed by atoms with E-state index in [1.165, 1.54) is 0 Å². The molecule has 0 N–H and O–H groups in total. The first-order valence-corrected chi connectivity index (χ1v) is 7.28. The van der Waals surface area contributed by atoms with Crippen LogP contribution in [0.3, 0.4) is 0 Å². The van der Waals surface area contributed by atoms with E-state index in [1.807, 2.05) is 32.9 Å². The summed E-state index contributed by atoms with van der Waals surface area (Å²) in [6.07, 6.45) is 0. The maximum atomic E-state index is 12.4. The summed E-state index contributed by atoms with van der Waals surface area (Å²) in [6, 6.07) is 12.2. The Balaban J connectivity index is 2.58. The van der Waals surface area contributed by atoms with Gasteiger partial charge in [-0.1, -0.05) is 18.2 Å². The normalized spacial score (nSPS) is 11.5. The Bertz CT molecular complexity index is 685. The van der Waals surface area contributed by atoms with E-state index in [2.05, 4.69) is 0 Å². The molecule has 0 aromatic heterocycles. The van der Waals surface area contributed by atoms with Crippen LogP contribution < -0.4 is 0 Å². The zero-order chi connectivity index (χ0) is 13.3. The largest absolute Gasteiger partial charge is 0.219 e. The van der Waals surface area contributed by atoms with Gasteiger partial charge in [0.15, 0.2) is 0 Å². The Kier molecular flexibility index (Phi) is 3.26. The topological polar surface area (TPSA) is 34.1 Å². The zero-order valence-electron chi connectivity index (χ0n) is 10.8. The molecule has 0 heterocycles. The lowest BCUT2D eigenvalue weighted by Gasteiger charge is -2.07. The third kappa shape index (κ3) is 2.31. The van der Waals surface area contributed by atoms with Crippen LogP contribution in [0.5, 0.6) is 0 Å². The Hall–Kier alpha value is -1.61. The molecule has 2 rings (SSSR count). The minimum atomic E-state index is -3.40. The van der Waals surface area contributed by atoms with Gasteiger partial charge < -0.3 is 0 Å². The molecule has 0 spiro atoms. The summed E-state index contributed by atoms with van der Waals surface area (Å²) in [5, 5.41) is 0. The van der Waals surface area contributed by atoms with E-state index in [9.17, 15) is 8.42 Å². The van der Waals surface area contributed by atoms with Gasteiger partial charge in [-0.2, -0.15) is 0 Å². The van der Waals surface area contributed by atoms with Crippen molar-refractivity contribution in [3.63, 3.8) is 0 Å². The third-order valence-electron chi connectivity index (χ3n) is 3.09. The van der Waals surface area contributed by atoms with Crippen LogP contribution in [-0.2, 0) is 9.84 Å². The predicted octanol–water partition coefficient (Wildman–Crippen LogP) is 3.44. The molecule has 2 nitrogen and oxygen atoms in total. The first-order chi connectivity index (χ1) is 8.41. The number of rotatable bonds is 2. The molecule has 0 unspecified atom stereocenters. The van der Waals surface area contributed by atoms with Gasteiger partial charge in [0.1, 0.15) is 0 Å². The molecule has 0 amide bonds. The maximum absolute atomic E-state index is 12.4. The molecule has 2 aromatic carbocycles. The molecule has 18 heavy (non-hydrogen) atoms. The van der Waals surface area contributed by atoms with Crippen LogP contribution in [0.25, 0.3) is 0 Å². The van der Waals surface area contributed by atoms with Crippen LogP contribution >= 0.6 is 0 Å². The molecule has 2 aromatic rings. The van der Waals surface area contributed by atoms with E-state index in [0.29, 0.717) is 9.79 Å². The Morgan fingerprint density at radius 1 is 0.778 bits per heavy atom. The van der Waals surface area contributed by atoms with Crippen molar-refractivity contribution in [1.82, 2.24) is 0 Å². The van der Waals surface area contributed by atoms with Gasteiger partial charge in [-0.25, -0.2) is 8.42 Å². The molecule has 0 radical (unpaired) electrons. The lowest BCUT2D eigenvalue weighted by Crippen LogP contribution is -2.03. The summed E-state index contributed by atoms with van der Waals surface area (Å²) in [5.41, 5.74) is 3.03. The minimum absolute atomic E-state index is 0.353. The quantitative estimate of drug-likeness (QED) is 0.829. The maximum Gasteiger partial charge on any atom is 0.206 e. The summed E-state index contributed by atoms with van der Waals surface area (Å²) in [7, 11) is -3.40. The SMILES string of the molecule is Cc1cccc(S(=O)(=O)c2ccc(C)c(C)c2)c1. The van der Waals surface area contributed by atoms with Gasteiger partial charge in [0.25, 0.3) is 0 Å². The molecule has 0 saturated heterocycles. The first kappa shape index (κ1) is 12.8. The summed E-state index contributed by atoms with van der Waals surface area (Å²) >= 11 is 0. The van der Waals surface area contributed by atoms with Gasteiger partial charge in [-0.15, -0.1) is 0 Å². The molecule has 0 bridgehead atoms. The molecule has 0 fully saturated rings. The number of sulfone groups is 1. The van der Waals surface area contributed by atoms with Crippen LogP contribution in [0.4, 0.5) is 0 Å². The van der Waals surface area contributed by atoms with Crippen LogP contribution in [-0.4, -0.2) is 8.42 Å². The van der Waals surface area contributed by atoms with Gasteiger partial charge in [0, 0.05) is 0 Å². The lowest BCUT2D eigenvalue weighted by atomic mass is 10.1. The van der Waals surface area contributed by atoms with Crippen molar-refractivity contribution in [3.8, 4) is 0 Å². The van der Waals surface area contributed by atoms with Crippen molar-refractivity contribution in [1.29, 1.82) is 0 Å². The Morgan fingerprint density at radius 2 is 1.44 bits per heavy atom. The predicted molar refractivity (Wildman–Crippen MR) is 72.5 cm³/mol. The average molecular weight is 260 g/mol. The Morgan fingerprint density at radius 3 is 2.06 bits per heavy atom. The number of hydrogen-bond acceptors (Lipinski definition) is 2. The molecular weight excluding hydrogens is 244 g/mol. The molecule has 3 heteroatoms. The summed E-state index contributed by atoms with van der Waals surface area (Å²) in [4.78, 5) is 0.710. The highest BCUT2D eigenvalue weighted by atomic mass is 32.2. The van der Waals surface area contributed by atoms with E-state index in [-0.39, 0.29) is 0 Å². The number of benzene rings is 2. The second kappa shape index (κ2) is 4.58. The minimum Gasteiger partial charge on any atom is -0.219 e. The molecule has 0 atom stereocenters. The molecular formula is C15H16O2S. The summed E-state index contributed by atoms with van der Waals surface area (Å²) in [5.74, 6) is 0. The fraction of sp³-hybridized carbons (Fsp3) is 0.200. The molecule has 94 valence electrons. The van der Waals surface area contributed by atoms with Gasteiger partial charge >= 0.3 is 0 Å². The third-order valence-corrected chi connectivity index (χ3v) is 4.84. The van der Waals surface area contributed by atoms with Crippen molar-refractivity contribution >= 4 is 9.84 Å². The molecule has 0 aliphatic heterocycles. The zero-order valence-corrected chi connectivity index (χ0v) is 11.6. The molecule has 0 aliphatic carbocycles. The smallest absolute Gasteiger partial charge is 0.206 e. The highest BCUT2D eigenvalue weighted by Gasteiger charge is 2.17. The van der Waals surface area contributed by atoms with Crippen LogP contribution in [0, 0.1) is 20.8 Å². The fourth-order valence-corrected chi connectivity index (χ4v) is 3.25. The summed E-state index contributed by atoms with van der Waals surface area (Å²) < 4.78 is 24.9. The van der Waals surface area contributed by atoms with Crippen molar-refractivity contribution in [2.24, 2.45) is 0 Å². The van der Waals surface area contributed by atoms with E-state index < -0.39 is 9.84 Å². The Labute approximate surface area is 108 Å². The standard InChI is InChI=1S/C15H16O2S/c1-11-5-4-6-14(9-11)18(16,17)15-8-7-12(2)13(3)10-15/h4-10H,1-3H3. The van der Waals surface area contributed by atoms with E-state index in [0.717, 1.165) is 16.7 Å². The van der Waals surface area contributed by atoms with Gasteiger partial charge in [-0.3, -0.25) is 0 Å². The second-order valence-electron chi connectivity index (χ2n) is 4.57. The van der Waals surface area contributed by atoms with E-state index >= 15 is 0 Å². The lowest BCUT2D eigenvalue weighted by molar-refractivity contribution is 0.596. The molecule has 0 saturated carbocycles. The second-order valence-corrected chi connectivity index (χ2v) is 6.52. The van der Waals surface area contributed by atoms with Gasteiger partial charge in [0.2, 0.25) is 9.84 Å². The highest BCUT2D eigenvalue weighted by molar-refractivity contribution is 7.91. The van der Waals surface area contributed by atoms with Gasteiger partial charge in [-0.05, 0) is 61.7 Å². The van der Waals surface area contributed by atoms with Crippen LogP contribution in [0.2, 0.25) is 0 Å². The fourth-order valence-electron chi connectivity index (χ4n) is 1.80. The summed E-state index contributed by atoms with van der Waals surface area (Å²) in [6.45, 7) is 5.78. The van der Waals surface area contributed by atoms with Gasteiger partial charge in [0.05, 0.1) is 9.79 Å². The van der Waals surface area contributed by atoms with Crippen molar-refractivity contribution < 1.29 is 8.42 Å². The first-order valence-electron chi connectivity index (χ1n) is 5.80. The molecule has 0 aliphatic rings.